The molecule has 2 heterocycles. The average molecular weight is 396 g/mol. The first-order valence-electron chi connectivity index (χ1n) is 9.63. The summed E-state index contributed by atoms with van der Waals surface area (Å²) in [7, 11) is 1.83. The van der Waals surface area contributed by atoms with Crippen molar-refractivity contribution in [3.05, 3.63) is 60.2 Å². The first-order chi connectivity index (χ1) is 13.7. The number of nitrogens with zero attached hydrogens (tertiary/aromatic N) is 2. The highest BCUT2D eigenvalue weighted by atomic mass is 32.1. The highest BCUT2D eigenvalue weighted by Crippen LogP contribution is 2.26. The number of benzene rings is 2. The SMILES string of the molecule is CN(CCCC1CC(c2ccccc2)NN1)C(=O)Nc1nc2ccccc2s1. The quantitative estimate of drug-likeness (QED) is 0.586. The van der Waals surface area contributed by atoms with Crippen molar-refractivity contribution < 1.29 is 4.79 Å². The molecule has 2 unspecified atom stereocenters. The number of hydrogen-bond donors (Lipinski definition) is 3. The van der Waals surface area contributed by atoms with Crippen molar-refractivity contribution in [1.82, 2.24) is 20.7 Å². The topological polar surface area (TPSA) is 69.3 Å². The summed E-state index contributed by atoms with van der Waals surface area (Å²) in [5.74, 6) is 0. The van der Waals surface area contributed by atoms with Gasteiger partial charge in [0.1, 0.15) is 0 Å². The van der Waals surface area contributed by atoms with Crippen LogP contribution in [0.15, 0.2) is 54.6 Å². The van der Waals surface area contributed by atoms with Crippen molar-refractivity contribution in [2.24, 2.45) is 0 Å². The molecule has 28 heavy (non-hydrogen) atoms. The van der Waals surface area contributed by atoms with E-state index in [1.54, 1.807) is 4.90 Å². The van der Waals surface area contributed by atoms with Gasteiger partial charge < -0.3 is 4.90 Å². The van der Waals surface area contributed by atoms with Gasteiger partial charge in [0.05, 0.1) is 10.2 Å². The van der Waals surface area contributed by atoms with Gasteiger partial charge in [-0.1, -0.05) is 53.8 Å². The van der Waals surface area contributed by atoms with Gasteiger partial charge >= 0.3 is 6.03 Å². The summed E-state index contributed by atoms with van der Waals surface area (Å²) < 4.78 is 1.08. The van der Waals surface area contributed by atoms with Gasteiger partial charge in [-0.2, -0.15) is 0 Å². The third-order valence-corrected chi connectivity index (χ3v) is 6.04. The zero-order chi connectivity index (χ0) is 19.3. The lowest BCUT2D eigenvalue weighted by Crippen LogP contribution is -2.34. The molecule has 3 aromatic rings. The molecule has 1 aromatic heterocycles. The Morgan fingerprint density at radius 3 is 2.79 bits per heavy atom. The summed E-state index contributed by atoms with van der Waals surface area (Å²) in [6, 6.07) is 19.1. The van der Waals surface area contributed by atoms with E-state index < -0.39 is 0 Å². The van der Waals surface area contributed by atoms with Gasteiger partial charge in [0, 0.05) is 25.7 Å². The summed E-state index contributed by atoms with van der Waals surface area (Å²) in [5.41, 5.74) is 8.99. The van der Waals surface area contributed by atoms with E-state index in [4.69, 9.17) is 0 Å². The van der Waals surface area contributed by atoms with Crippen molar-refractivity contribution >= 4 is 32.7 Å². The van der Waals surface area contributed by atoms with Crippen LogP contribution < -0.4 is 16.2 Å². The number of carbonyl (C=O) groups is 1. The fourth-order valence-electron chi connectivity index (χ4n) is 3.50. The van der Waals surface area contributed by atoms with Gasteiger partial charge in [-0.25, -0.2) is 9.78 Å². The fraction of sp³-hybridized carbons (Fsp3) is 0.333. The van der Waals surface area contributed by atoms with E-state index >= 15 is 0 Å². The number of amides is 2. The smallest absolute Gasteiger partial charge is 0.323 e. The highest BCUT2D eigenvalue weighted by molar-refractivity contribution is 7.22. The number of carbonyl (C=O) groups excluding carboxylic acids is 1. The van der Waals surface area contributed by atoms with Gasteiger partial charge in [-0.3, -0.25) is 16.2 Å². The molecule has 1 fully saturated rings. The highest BCUT2D eigenvalue weighted by Gasteiger charge is 2.24. The Morgan fingerprint density at radius 2 is 1.96 bits per heavy atom. The largest absolute Gasteiger partial charge is 0.328 e. The van der Waals surface area contributed by atoms with Crippen LogP contribution in [0.4, 0.5) is 9.93 Å². The van der Waals surface area contributed by atoms with E-state index in [1.165, 1.54) is 16.9 Å². The Morgan fingerprint density at radius 1 is 1.18 bits per heavy atom. The van der Waals surface area contributed by atoms with Gasteiger partial charge in [0.15, 0.2) is 5.13 Å². The number of nitrogens with one attached hydrogen (secondary N) is 3. The minimum atomic E-state index is -0.112. The lowest BCUT2D eigenvalue weighted by atomic mass is 10.00. The van der Waals surface area contributed by atoms with E-state index in [0.29, 0.717) is 23.8 Å². The molecule has 1 aliphatic rings. The standard InChI is InChI=1S/C21H25N5OS/c1-26(21(27)23-20-22-17-11-5-6-12-19(17)28-20)13-7-10-16-14-18(25-24-16)15-8-3-2-4-9-15/h2-6,8-9,11-12,16,18,24-25H,7,10,13-14H2,1H3,(H,22,23,27). The molecule has 0 radical (unpaired) electrons. The van der Waals surface area contributed by atoms with E-state index in [-0.39, 0.29) is 6.03 Å². The lowest BCUT2D eigenvalue weighted by molar-refractivity contribution is 0.221. The van der Waals surface area contributed by atoms with E-state index in [2.05, 4.69) is 45.4 Å². The number of anilines is 1. The molecule has 2 amide bonds. The van der Waals surface area contributed by atoms with Crippen LogP contribution in [0.25, 0.3) is 10.2 Å². The van der Waals surface area contributed by atoms with Crippen molar-refractivity contribution in [1.29, 1.82) is 0 Å². The van der Waals surface area contributed by atoms with Crippen molar-refractivity contribution in [2.75, 3.05) is 18.9 Å². The molecule has 2 aromatic carbocycles. The first kappa shape index (κ1) is 18.9. The van der Waals surface area contributed by atoms with Gasteiger partial charge in [0.2, 0.25) is 0 Å². The van der Waals surface area contributed by atoms with Gasteiger partial charge in [-0.15, -0.1) is 0 Å². The third kappa shape index (κ3) is 4.49. The van der Waals surface area contributed by atoms with Crippen LogP contribution >= 0.6 is 11.3 Å². The number of para-hydroxylation sites is 1. The molecule has 0 bridgehead atoms. The second-order valence-corrected chi connectivity index (χ2v) is 8.20. The molecule has 3 N–H and O–H groups in total. The molecule has 7 heteroatoms. The normalized spacial score (nSPS) is 19.0. The maximum atomic E-state index is 12.4. The van der Waals surface area contributed by atoms with Crippen LogP contribution in [0.5, 0.6) is 0 Å². The van der Waals surface area contributed by atoms with E-state index in [0.717, 1.165) is 29.5 Å². The summed E-state index contributed by atoms with van der Waals surface area (Å²) in [6.07, 6.45) is 3.03. The Bertz CT molecular complexity index is 896. The molecule has 0 spiro atoms. The minimum Gasteiger partial charge on any atom is -0.328 e. The summed E-state index contributed by atoms with van der Waals surface area (Å²) in [6.45, 7) is 0.713. The maximum absolute atomic E-state index is 12.4. The molecule has 0 saturated carbocycles. The number of aromatic nitrogens is 1. The Hall–Kier alpha value is -2.48. The number of fused-ring (bicyclic) bond motifs is 1. The van der Waals surface area contributed by atoms with Crippen molar-refractivity contribution in [3.63, 3.8) is 0 Å². The second-order valence-electron chi connectivity index (χ2n) is 7.17. The van der Waals surface area contributed by atoms with Crippen LogP contribution in [0.1, 0.15) is 30.9 Å². The Balaban J connectivity index is 1.21. The van der Waals surface area contributed by atoms with Crippen LogP contribution in [0, 0.1) is 0 Å². The predicted molar refractivity (Wildman–Crippen MR) is 114 cm³/mol. The van der Waals surface area contributed by atoms with Crippen LogP contribution in [0.3, 0.4) is 0 Å². The molecule has 2 atom stereocenters. The molecule has 1 saturated heterocycles. The van der Waals surface area contributed by atoms with Gasteiger partial charge in [0.25, 0.3) is 0 Å². The predicted octanol–water partition coefficient (Wildman–Crippen LogP) is 4.15. The third-order valence-electron chi connectivity index (χ3n) is 5.08. The molecule has 1 aliphatic heterocycles. The summed E-state index contributed by atoms with van der Waals surface area (Å²) in [4.78, 5) is 18.6. The Kier molecular flexibility index (Phi) is 5.85. The lowest BCUT2D eigenvalue weighted by Gasteiger charge is -2.18. The molecular formula is C21H25N5OS. The number of hydrogen-bond acceptors (Lipinski definition) is 5. The number of urea groups is 1. The molecule has 0 aliphatic carbocycles. The number of thiazole rings is 1. The summed E-state index contributed by atoms with van der Waals surface area (Å²) >= 11 is 1.50. The van der Waals surface area contributed by atoms with Gasteiger partial charge in [-0.05, 0) is 37.0 Å². The van der Waals surface area contributed by atoms with Crippen LogP contribution in [-0.4, -0.2) is 35.5 Å². The summed E-state index contributed by atoms with van der Waals surface area (Å²) in [5, 5.41) is 3.55. The fourth-order valence-corrected chi connectivity index (χ4v) is 4.36. The second kappa shape index (κ2) is 8.68. The number of hydrazine groups is 1. The van der Waals surface area contributed by atoms with Crippen LogP contribution in [0.2, 0.25) is 0 Å². The van der Waals surface area contributed by atoms with Crippen LogP contribution in [-0.2, 0) is 0 Å². The average Bonchev–Trinajstić information content (AvgIpc) is 3.35. The molecule has 146 valence electrons. The van der Waals surface area contributed by atoms with E-state index in [1.807, 2.05) is 37.4 Å². The van der Waals surface area contributed by atoms with Crippen molar-refractivity contribution in [2.45, 2.75) is 31.3 Å². The maximum Gasteiger partial charge on any atom is 0.323 e. The minimum absolute atomic E-state index is 0.112. The van der Waals surface area contributed by atoms with E-state index in [9.17, 15) is 4.79 Å². The monoisotopic (exact) mass is 395 g/mol. The Labute approximate surface area is 168 Å². The van der Waals surface area contributed by atoms with Crippen molar-refractivity contribution in [3.8, 4) is 0 Å². The molecular weight excluding hydrogens is 370 g/mol. The number of rotatable bonds is 6. The first-order valence-corrected chi connectivity index (χ1v) is 10.4. The zero-order valence-electron chi connectivity index (χ0n) is 15.9. The zero-order valence-corrected chi connectivity index (χ0v) is 16.7. The molecule has 6 nitrogen and oxygen atoms in total. The molecule has 4 rings (SSSR count).